The monoisotopic (exact) mass is 413 g/mol. The summed E-state index contributed by atoms with van der Waals surface area (Å²) in [5, 5.41) is 17.1. The Bertz CT molecular complexity index is 1170. The Balaban J connectivity index is 1.60. The van der Waals surface area contributed by atoms with Crippen molar-refractivity contribution in [3.63, 3.8) is 0 Å². The second-order valence-electron chi connectivity index (χ2n) is 6.81. The number of ether oxygens (including phenoxy) is 1. The van der Waals surface area contributed by atoms with Gasteiger partial charge in [-0.15, -0.1) is 5.10 Å². The molecule has 0 aromatic heterocycles. The van der Waals surface area contributed by atoms with Gasteiger partial charge >= 0.3 is 5.97 Å². The maximum Gasteiger partial charge on any atom is 0.341 e. The molecule has 3 aromatic carbocycles. The van der Waals surface area contributed by atoms with E-state index in [1.807, 2.05) is 54.6 Å². The van der Waals surface area contributed by atoms with Crippen LogP contribution in [0.3, 0.4) is 0 Å². The van der Waals surface area contributed by atoms with Crippen LogP contribution in [0.1, 0.15) is 16.7 Å². The van der Waals surface area contributed by atoms with Gasteiger partial charge < -0.3 is 14.7 Å². The second-order valence-corrected chi connectivity index (χ2v) is 6.81. The molecule has 4 rings (SSSR count). The zero-order valence-electron chi connectivity index (χ0n) is 16.5. The molecule has 154 valence electrons. The number of fused-ring (bicyclic) bond motifs is 1. The molecule has 0 fully saturated rings. The van der Waals surface area contributed by atoms with E-state index < -0.39 is 12.6 Å². The Labute approximate surface area is 178 Å². The molecule has 0 bridgehead atoms. The smallest absolute Gasteiger partial charge is 0.341 e. The lowest BCUT2D eigenvalue weighted by Gasteiger charge is -2.16. The van der Waals surface area contributed by atoms with Gasteiger partial charge in [-0.3, -0.25) is 4.79 Å². The predicted octanol–water partition coefficient (Wildman–Crippen LogP) is 3.52. The molecule has 0 aliphatic carbocycles. The molecule has 1 heterocycles. The molecule has 1 amide bonds. The Hall–Kier alpha value is -4.26. The van der Waals surface area contributed by atoms with E-state index >= 15 is 0 Å². The fraction of sp³-hybridized carbons (Fsp3) is 0.0833. The quantitative estimate of drug-likeness (QED) is 0.474. The molecule has 0 saturated carbocycles. The SMILES string of the molecule is O=C(O)COc1ccccc1/C=N\N=C1/C(=O)N(Cc2ccccc2)c2ccccc21. The number of hydrogen-bond donors (Lipinski definition) is 1. The predicted molar refractivity (Wildman–Crippen MR) is 118 cm³/mol. The summed E-state index contributed by atoms with van der Waals surface area (Å²) in [7, 11) is 0. The maximum atomic E-state index is 13.1. The Morgan fingerprint density at radius 1 is 0.968 bits per heavy atom. The van der Waals surface area contributed by atoms with Gasteiger partial charge in [0.25, 0.3) is 5.91 Å². The molecule has 1 N–H and O–H groups in total. The van der Waals surface area contributed by atoms with Crippen molar-refractivity contribution in [2.24, 2.45) is 10.2 Å². The first-order valence-corrected chi connectivity index (χ1v) is 9.63. The van der Waals surface area contributed by atoms with Gasteiger partial charge in [0.1, 0.15) is 5.75 Å². The number of rotatable bonds is 7. The van der Waals surface area contributed by atoms with Crippen molar-refractivity contribution in [3.8, 4) is 5.75 Å². The average Bonchev–Trinajstić information content (AvgIpc) is 3.05. The van der Waals surface area contributed by atoms with Crippen molar-refractivity contribution in [1.29, 1.82) is 0 Å². The summed E-state index contributed by atoms with van der Waals surface area (Å²) in [5.41, 5.74) is 3.34. The summed E-state index contributed by atoms with van der Waals surface area (Å²) in [6, 6.07) is 24.1. The van der Waals surface area contributed by atoms with E-state index in [2.05, 4.69) is 10.2 Å². The first-order chi connectivity index (χ1) is 15.1. The molecule has 0 unspecified atom stereocenters. The minimum atomic E-state index is -1.07. The largest absolute Gasteiger partial charge is 0.481 e. The third kappa shape index (κ3) is 4.51. The molecule has 31 heavy (non-hydrogen) atoms. The lowest BCUT2D eigenvalue weighted by Crippen LogP contribution is -2.29. The van der Waals surface area contributed by atoms with E-state index in [-0.39, 0.29) is 11.6 Å². The van der Waals surface area contributed by atoms with Gasteiger partial charge in [0.2, 0.25) is 0 Å². The molecule has 3 aromatic rings. The number of carboxylic acid groups (broad SMARTS) is 1. The third-order valence-corrected chi connectivity index (χ3v) is 4.71. The fourth-order valence-electron chi connectivity index (χ4n) is 3.29. The van der Waals surface area contributed by atoms with Crippen LogP contribution in [0.2, 0.25) is 0 Å². The van der Waals surface area contributed by atoms with Crippen molar-refractivity contribution < 1.29 is 19.4 Å². The number of carboxylic acids is 1. The minimum absolute atomic E-state index is 0.224. The number of para-hydroxylation sites is 2. The number of hydrogen-bond acceptors (Lipinski definition) is 5. The number of aliphatic carboxylic acids is 1. The van der Waals surface area contributed by atoms with Gasteiger partial charge in [-0.2, -0.15) is 5.10 Å². The molecular formula is C24H19N3O4. The van der Waals surface area contributed by atoms with Crippen LogP contribution in [-0.4, -0.2) is 35.5 Å². The molecule has 1 aliphatic rings. The molecular weight excluding hydrogens is 394 g/mol. The summed E-state index contributed by atoms with van der Waals surface area (Å²) in [6.45, 7) is -0.0229. The lowest BCUT2D eigenvalue weighted by atomic mass is 10.1. The van der Waals surface area contributed by atoms with E-state index in [0.29, 0.717) is 17.9 Å². The minimum Gasteiger partial charge on any atom is -0.481 e. The van der Waals surface area contributed by atoms with Gasteiger partial charge in [-0.05, 0) is 23.8 Å². The van der Waals surface area contributed by atoms with Crippen LogP contribution in [0.4, 0.5) is 5.69 Å². The Kier molecular flexibility index (Phi) is 5.84. The first kappa shape index (κ1) is 20.0. The van der Waals surface area contributed by atoms with Crippen molar-refractivity contribution in [3.05, 3.63) is 95.6 Å². The summed E-state index contributed by atoms with van der Waals surface area (Å²) in [4.78, 5) is 25.5. The van der Waals surface area contributed by atoms with E-state index in [1.54, 1.807) is 29.2 Å². The number of carbonyl (C=O) groups excluding carboxylic acids is 1. The van der Waals surface area contributed by atoms with Gasteiger partial charge in [0.15, 0.2) is 12.3 Å². The fourth-order valence-corrected chi connectivity index (χ4v) is 3.29. The molecule has 0 spiro atoms. The summed E-state index contributed by atoms with van der Waals surface area (Å²) >= 11 is 0. The number of nitrogens with zero attached hydrogens (tertiary/aromatic N) is 3. The Morgan fingerprint density at radius 2 is 1.68 bits per heavy atom. The highest BCUT2D eigenvalue weighted by Crippen LogP contribution is 2.30. The van der Waals surface area contributed by atoms with Crippen LogP contribution in [0.15, 0.2) is 89.1 Å². The zero-order valence-corrected chi connectivity index (χ0v) is 16.5. The number of amides is 1. The van der Waals surface area contributed by atoms with Crippen molar-refractivity contribution in [1.82, 2.24) is 0 Å². The van der Waals surface area contributed by atoms with E-state index in [4.69, 9.17) is 9.84 Å². The normalized spacial score (nSPS) is 14.3. The first-order valence-electron chi connectivity index (χ1n) is 9.63. The van der Waals surface area contributed by atoms with Crippen molar-refractivity contribution in [2.75, 3.05) is 11.5 Å². The topological polar surface area (TPSA) is 91.6 Å². The standard InChI is InChI=1S/C24H19N3O4/c28-22(29)16-31-21-13-7-4-10-18(21)14-25-26-23-19-11-5-6-12-20(19)27(24(23)30)15-17-8-2-1-3-9-17/h1-14H,15-16H2,(H,28,29)/b25-14-,26-23-. The molecule has 0 radical (unpaired) electrons. The van der Waals surface area contributed by atoms with Crippen LogP contribution in [0, 0.1) is 0 Å². The van der Waals surface area contributed by atoms with Gasteiger partial charge in [-0.25, -0.2) is 4.79 Å². The summed E-state index contributed by atoms with van der Waals surface area (Å²) in [5.74, 6) is -0.922. The van der Waals surface area contributed by atoms with Crippen LogP contribution in [0.5, 0.6) is 5.75 Å². The second kappa shape index (κ2) is 9.04. The highest BCUT2D eigenvalue weighted by atomic mass is 16.5. The maximum absolute atomic E-state index is 13.1. The molecule has 7 nitrogen and oxygen atoms in total. The summed E-state index contributed by atoms with van der Waals surface area (Å²) in [6.07, 6.45) is 1.44. The van der Waals surface area contributed by atoms with Crippen molar-refractivity contribution >= 4 is 29.5 Å². The molecule has 0 saturated heterocycles. The van der Waals surface area contributed by atoms with Gasteiger partial charge in [0.05, 0.1) is 18.4 Å². The average molecular weight is 413 g/mol. The highest BCUT2D eigenvalue weighted by Gasteiger charge is 2.33. The van der Waals surface area contributed by atoms with Crippen LogP contribution in [-0.2, 0) is 16.1 Å². The molecule has 7 heteroatoms. The Morgan fingerprint density at radius 3 is 2.48 bits per heavy atom. The van der Waals surface area contributed by atoms with Crippen LogP contribution >= 0.6 is 0 Å². The zero-order chi connectivity index (χ0) is 21.6. The van der Waals surface area contributed by atoms with E-state index in [9.17, 15) is 9.59 Å². The lowest BCUT2D eigenvalue weighted by molar-refractivity contribution is -0.139. The molecule has 1 aliphatic heterocycles. The number of anilines is 1. The van der Waals surface area contributed by atoms with Crippen LogP contribution < -0.4 is 9.64 Å². The van der Waals surface area contributed by atoms with Gasteiger partial charge in [-0.1, -0.05) is 60.7 Å². The third-order valence-electron chi connectivity index (χ3n) is 4.71. The van der Waals surface area contributed by atoms with Crippen molar-refractivity contribution in [2.45, 2.75) is 6.54 Å². The molecule has 0 atom stereocenters. The highest BCUT2D eigenvalue weighted by molar-refractivity contribution is 6.54. The van der Waals surface area contributed by atoms with Crippen LogP contribution in [0.25, 0.3) is 0 Å². The van der Waals surface area contributed by atoms with E-state index in [1.165, 1.54) is 6.21 Å². The number of carbonyl (C=O) groups is 2. The summed E-state index contributed by atoms with van der Waals surface area (Å²) < 4.78 is 5.27. The van der Waals surface area contributed by atoms with Gasteiger partial charge in [0, 0.05) is 11.1 Å². The number of benzene rings is 3. The van der Waals surface area contributed by atoms with E-state index in [0.717, 1.165) is 16.8 Å².